The maximum absolute atomic E-state index is 12.1. The number of hydrogen-bond donors (Lipinski definition) is 2. The van der Waals surface area contributed by atoms with Crippen LogP contribution in [-0.2, 0) is 11.3 Å². The van der Waals surface area contributed by atoms with E-state index in [1.165, 1.54) is 0 Å². The maximum atomic E-state index is 12.1. The molecule has 118 valence electrons. The number of carbonyl (C=O) groups is 1. The van der Waals surface area contributed by atoms with Gasteiger partial charge in [-0.1, -0.05) is 19.1 Å². The molecule has 0 bridgehead atoms. The smallest absolute Gasteiger partial charge is 0.226 e. The summed E-state index contributed by atoms with van der Waals surface area (Å²) < 4.78 is 2.00. The molecule has 0 spiro atoms. The number of aryl methyl sites for hydroxylation is 1. The molecule has 1 unspecified atom stereocenters. The number of carbonyl (C=O) groups excluding carboxylic acids is 1. The minimum Gasteiger partial charge on any atom is -0.309 e. The molecule has 1 aromatic carbocycles. The van der Waals surface area contributed by atoms with E-state index < -0.39 is 0 Å². The Hall–Kier alpha value is -2.63. The third-order valence-electron chi connectivity index (χ3n) is 4.55. The molecule has 3 aromatic rings. The van der Waals surface area contributed by atoms with Crippen molar-refractivity contribution in [1.82, 2.24) is 20.0 Å². The number of amides is 1. The van der Waals surface area contributed by atoms with Crippen molar-refractivity contribution in [2.24, 2.45) is 0 Å². The molecule has 0 saturated heterocycles. The van der Waals surface area contributed by atoms with Crippen LogP contribution in [0.2, 0.25) is 0 Å². The Morgan fingerprint density at radius 1 is 1.39 bits per heavy atom. The SMILES string of the molecule is CCCn1nc2c(c1C)C(c1ccc3cn[nH]c3c1)CC(=O)N2. The number of aromatic nitrogens is 4. The molecule has 23 heavy (non-hydrogen) atoms. The first kappa shape index (κ1) is 14.0. The van der Waals surface area contributed by atoms with Gasteiger partial charge in [-0.2, -0.15) is 10.2 Å². The summed E-state index contributed by atoms with van der Waals surface area (Å²) in [5, 5.41) is 15.7. The zero-order chi connectivity index (χ0) is 16.0. The van der Waals surface area contributed by atoms with E-state index in [1.807, 2.05) is 16.9 Å². The predicted octanol–water partition coefficient (Wildman–Crippen LogP) is 2.95. The van der Waals surface area contributed by atoms with Crippen LogP contribution in [0.1, 0.15) is 42.5 Å². The lowest BCUT2D eigenvalue weighted by molar-refractivity contribution is -0.116. The molecule has 1 aliphatic heterocycles. The van der Waals surface area contributed by atoms with Crippen molar-refractivity contribution in [3.8, 4) is 0 Å². The number of hydrogen-bond acceptors (Lipinski definition) is 3. The minimum atomic E-state index is 0.0216. The van der Waals surface area contributed by atoms with E-state index in [0.717, 1.165) is 40.7 Å². The maximum Gasteiger partial charge on any atom is 0.226 e. The van der Waals surface area contributed by atoms with Crippen LogP contribution in [0.25, 0.3) is 10.9 Å². The number of fused-ring (bicyclic) bond motifs is 2. The van der Waals surface area contributed by atoms with Gasteiger partial charge in [0.1, 0.15) is 0 Å². The first-order valence-electron chi connectivity index (χ1n) is 7.97. The summed E-state index contributed by atoms with van der Waals surface area (Å²) >= 11 is 0. The minimum absolute atomic E-state index is 0.0216. The second kappa shape index (κ2) is 5.22. The summed E-state index contributed by atoms with van der Waals surface area (Å²) in [7, 11) is 0. The lowest BCUT2D eigenvalue weighted by Crippen LogP contribution is -2.23. The van der Waals surface area contributed by atoms with Gasteiger partial charge in [0.15, 0.2) is 5.82 Å². The highest BCUT2D eigenvalue weighted by Crippen LogP contribution is 2.39. The number of nitrogens with zero attached hydrogens (tertiary/aromatic N) is 3. The molecular weight excluding hydrogens is 290 g/mol. The van der Waals surface area contributed by atoms with Gasteiger partial charge in [0.25, 0.3) is 0 Å². The van der Waals surface area contributed by atoms with E-state index in [-0.39, 0.29) is 11.8 Å². The summed E-state index contributed by atoms with van der Waals surface area (Å²) in [6, 6.07) is 6.22. The highest BCUT2D eigenvalue weighted by molar-refractivity contribution is 5.94. The first-order chi connectivity index (χ1) is 11.2. The number of rotatable bonds is 3. The average Bonchev–Trinajstić information content (AvgIpc) is 3.11. The van der Waals surface area contributed by atoms with Gasteiger partial charge in [0.2, 0.25) is 5.91 Å². The molecule has 1 atom stereocenters. The second-order valence-corrected chi connectivity index (χ2v) is 6.09. The highest BCUT2D eigenvalue weighted by atomic mass is 16.1. The van der Waals surface area contributed by atoms with Crippen LogP contribution < -0.4 is 5.32 Å². The molecule has 4 rings (SSSR count). The van der Waals surface area contributed by atoms with Crippen molar-refractivity contribution in [2.45, 2.75) is 39.2 Å². The first-order valence-corrected chi connectivity index (χ1v) is 7.97. The van der Waals surface area contributed by atoms with Crippen molar-refractivity contribution in [3.05, 3.63) is 41.2 Å². The number of aromatic amines is 1. The van der Waals surface area contributed by atoms with Gasteiger partial charge in [-0.3, -0.25) is 14.6 Å². The van der Waals surface area contributed by atoms with E-state index in [2.05, 4.69) is 46.6 Å². The summed E-state index contributed by atoms with van der Waals surface area (Å²) in [5.74, 6) is 0.771. The lowest BCUT2D eigenvalue weighted by atomic mass is 9.85. The molecule has 2 N–H and O–H groups in total. The molecular formula is C17H19N5O. The molecule has 0 aliphatic carbocycles. The molecule has 0 fully saturated rings. The van der Waals surface area contributed by atoms with Crippen molar-refractivity contribution in [1.29, 1.82) is 0 Å². The highest BCUT2D eigenvalue weighted by Gasteiger charge is 2.31. The van der Waals surface area contributed by atoms with Gasteiger partial charge in [-0.05, 0) is 25.0 Å². The molecule has 6 nitrogen and oxygen atoms in total. The van der Waals surface area contributed by atoms with Crippen LogP contribution in [0.5, 0.6) is 0 Å². The molecule has 1 amide bonds. The molecule has 0 saturated carbocycles. The van der Waals surface area contributed by atoms with Crippen LogP contribution in [0, 0.1) is 6.92 Å². The molecule has 3 heterocycles. The molecule has 0 radical (unpaired) electrons. The van der Waals surface area contributed by atoms with Gasteiger partial charge in [-0.25, -0.2) is 0 Å². The van der Waals surface area contributed by atoms with Gasteiger partial charge in [0, 0.05) is 35.5 Å². The Labute approximate surface area is 133 Å². The van der Waals surface area contributed by atoms with Gasteiger partial charge < -0.3 is 5.32 Å². The Kier molecular flexibility index (Phi) is 3.18. The van der Waals surface area contributed by atoms with Gasteiger partial charge in [0.05, 0.1) is 11.7 Å². The third kappa shape index (κ3) is 2.21. The number of benzene rings is 1. The normalized spacial score (nSPS) is 17.3. The Morgan fingerprint density at radius 2 is 2.26 bits per heavy atom. The second-order valence-electron chi connectivity index (χ2n) is 6.09. The zero-order valence-electron chi connectivity index (χ0n) is 13.3. The Balaban J connectivity index is 1.84. The van der Waals surface area contributed by atoms with E-state index in [1.54, 1.807) is 0 Å². The van der Waals surface area contributed by atoms with Crippen LogP contribution in [0.4, 0.5) is 5.82 Å². The molecule has 1 aliphatic rings. The summed E-state index contributed by atoms with van der Waals surface area (Å²) in [6.07, 6.45) is 3.27. The Bertz CT molecular complexity index is 892. The third-order valence-corrected chi connectivity index (χ3v) is 4.55. The largest absolute Gasteiger partial charge is 0.309 e. The fraction of sp³-hybridized carbons (Fsp3) is 0.353. The summed E-state index contributed by atoms with van der Waals surface area (Å²) in [6.45, 7) is 5.07. The van der Waals surface area contributed by atoms with Gasteiger partial charge in [-0.15, -0.1) is 0 Å². The van der Waals surface area contributed by atoms with Gasteiger partial charge >= 0.3 is 0 Å². The summed E-state index contributed by atoms with van der Waals surface area (Å²) in [5.41, 5.74) is 4.39. The monoisotopic (exact) mass is 309 g/mol. The van der Waals surface area contributed by atoms with Crippen LogP contribution >= 0.6 is 0 Å². The fourth-order valence-electron chi connectivity index (χ4n) is 3.43. The fourth-order valence-corrected chi connectivity index (χ4v) is 3.43. The van der Waals surface area contributed by atoms with Crippen LogP contribution in [0.15, 0.2) is 24.4 Å². The van der Waals surface area contributed by atoms with Crippen molar-refractivity contribution >= 4 is 22.6 Å². The van der Waals surface area contributed by atoms with Crippen molar-refractivity contribution < 1.29 is 4.79 Å². The van der Waals surface area contributed by atoms with Crippen molar-refractivity contribution in [3.63, 3.8) is 0 Å². The van der Waals surface area contributed by atoms with E-state index in [0.29, 0.717) is 12.2 Å². The van der Waals surface area contributed by atoms with Crippen molar-refractivity contribution in [2.75, 3.05) is 5.32 Å². The topological polar surface area (TPSA) is 75.6 Å². The molecule has 6 heteroatoms. The predicted molar refractivity (Wildman–Crippen MR) is 88.4 cm³/mol. The average molecular weight is 309 g/mol. The number of nitrogens with one attached hydrogen (secondary N) is 2. The van der Waals surface area contributed by atoms with Crippen LogP contribution in [0.3, 0.4) is 0 Å². The zero-order valence-corrected chi connectivity index (χ0v) is 13.3. The quantitative estimate of drug-likeness (QED) is 0.781. The summed E-state index contributed by atoms with van der Waals surface area (Å²) in [4.78, 5) is 12.1. The van der Waals surface area contributed by atoms with Crippen LogP contribution in [-0.4, -0.2) is 25.9 Å². The van der Waals surface area contributed by atoms with E-state index in [4.69, 9.17) is 0 Å². The van der Waals surface area contributed by atoms with E-state index >= 15 is 0 Å². The Morgan fingerprint density at radius 3 is 3.09 bits per heavy atom. The number of anilines is 1. The number of H-pyrrole nitrogens is 1. The molecule has 2 aromatic heterocycles. The standard InChI is InChI=1S/C17H19N5O/c1-3-6-22-10(2)16-13(8-15(23)19-17(16)21-22)11-4-5-12-9-18-20-14(12)7-11/h4-5,7,9,13H,3,6,8H2,1-2H3,(H,18,20)(H,19,21,23). The van der Waals surface area contributed by atoms with E-state index in [9.17, 15) is 4.79 Å². The lowest BCUT2D eigenvalue weighted by Gasteiger charge is -2.23.